The van der Waals surface area contributed by atoms with Crippen LogP contribution in [0.1, 0.15) is 23.6 Å². The molecular weight excluding hydrogens is 431 g/mol. The maximum Gasteiger partial charge on any atom is 0.322 e. The third-order valence-corrected chi connectivity index (χ3v) is 7.03. The highest BCUT2D eigenvalue weighted by molar-refractivity contribution is 5.90. The van der Waals surface area contributed by atoms with Crippen LogP contribution in [0.15, 0.2) is 66.7 Å². The molecule has 0 aliphatic carbocycles. The second-order valence-electron chi connectivity index (χ2n) is 8.85. The second-order valence-corrected chi connectivity index (χ2v) is 8.85. The van der Waals surface area contributed by atoms with Crippen LogP contribution in [0, 0.1) is 23.1 Å². The Morgan fingerprint density at radius 3 is 2.62 bits per heavy atom. The minimum atomic E-state index is -0.408. The monoisotopic (exact) mass is 456 g/mol. The van der Waals surface area contributed by atoms with Gasteiger partial charge >= 0.3 is 6.03 Å². The van der Waals surface area contributed by atoms with E-state index in [2.05, 4.69) is 22.4 Å². The lowest BCUT2D eigenvalue weighted by atomic mass is 9.81. The number of anilines is 2. The number of urea groups is 1. The molecule has 0 radical (unpaired) electrons. The number of benzene rings is 3. The summed E-state index contributed by atoms with van der Waals surface area (Å²) in [7, 11) is 1.98. The van der Waals surface area contributed by atoms with Crippen LogP contribution in [-0.2, 0) is 0 Å². The smallest absolute Gasteiger partial charge is 0.322 e. The highest BCUT2D eigenvalue weighted by Gasteiger charge is 2.47. The summed E-state index contributed by atoms with van der Waals surface area (Å²) in [6.45, 7) is 0.537. The van der Waals surface area contributed by atoms with Gasteiger partial charge in [0.05, 0.1) is 30.3 Å². The van der Waals surface area contributed by atoms with Gasteiger partial charge in [0.15, 0.2) is 0 Å². The van der Waals surface area contributed by atoms with Crippen LogP contribution in [0.25, 0.3) is 11.1 Å². The number of likely N-dealkylation sites (tertiary alicyclic amines) is 1. The number of hydrogen-bond donors (Lipinski definition) is 2. The number of likely N-dealkylation sites (N-methyl/N-ethyl adjacent to an activating group) is 1. The number of nitriles is 1. The third-order valence-electron chi connectivity index (χ3n) is 7.03. The van der Waals surface area contributed by atoms with Crippen molar-refractivity contribution in [1.82, 2.24) is 4.90 Å². The zero-order valence-corrected chi connectivity index (χ0v) is 18.8. The molecule has 0 bridgehead atoms. The van der Waals surface area contributed by atoms with Crippen molar-refractivity contribution in [1.29, 1.82) is 5.26 Å². The van der Waals surface area contributed by atoms with Gasteiger partial charge in [-0.1, -0.05) is 24.3 Å². The van der Waals surface area contributed by atoms with Gasteiger partial charge in [-0.15, -0.1) is 0 Å². The fourth-order valence-corrected chi connectivity index (χ4v) is 5.36. The minimum absolute atomic E-state index is 0.00612. The summed E-state index contributed by atoms with van der Waals surface area (Å²) >= 11 is 0. The molecule has 2 heterocycles. The number of aliphatic hydroxyl groups is 1. The lowest BCUT2D eigenvalue weighted by Crippen LogP contribution is -2.48. The molecule has 3 atom stereocenters. The van der Waals surface area contributed by atoms with Gasteiger partial charge in [0.2, 0.25) is 0 Å². The number of nitrogens with one attached hydrogen (secondary N) is 1. The molecule has 34 heavy (non-hydrogen) atoms. The number of fused-ring (bicyclic) bond motifs is 3. The highest BCUT2D eigenvalue weighted by Crippen LogP contribution is 2.49. The maximum atomic E-state index is 13.6. The van der Waals surface area contributed by atoms with Gasteiger partial charge in [-0.2, -0.15) is 5.26 Å². The average Bonchev–Trinajstić information content (AvgIpc) is 3.29. The summed E-state index contributed by atoms with van der Waals surface area (Å²) in [5.41, 5.74) is 4.98. The molecule has 6 nitrogen and oxygen atoms in total. The Bertz CT molecular complexity index is 1270. The predicted molar refractivity (Wildman–Crippen MR) is 129 cm³/mol. The normalized spacial score (nSPS) is 20.9. The number of halogens is 1. The van der Waals surface area contributed by atoms with Crippen LogP contribution in [0.5, 0.6) is 0 Å². The Labute approximate surface area is 197 Å². The molecule has 5 rings (SSSR count). The average molecular weight is 457 g/mol. The number of carbonyl (C=O) groups excluding carboxylic acids is 1. The number of rotatable bonds is 3. The predicted octanol–water partition coefficient (Wildman–Crippen LogP) is 4.77. The van der Waals surface area contributed by atoms with E-state index in [1.54, 1.807) is 29.2 Å². The van der Waals surface area contributed by atoms with Crippen LogP contribution in [-0.4, -0.2) is 42.3 Å². The largest absolute Gasteiger partial charge is 0.394 e. The van der Waals surface area contributed by atoms with Crippen LogP contribution < -0.4 is 10.2 Å². The topological polar surface area (TPSA) is 79.6 Å². The van der Waals surface area contributed by atoms with E-state index >= 15 is 0 Å². The second kappa shape index (κ2) is 8.81. The Balaban J connectivity index is 1.53. The van der Waals surface area contributed by atoms with E-state index in [4.69, 9.17) is 5.26 Å². The van der Waals surface area contributed by atoms with Crippen molar-refractivity contribution < 1.29 is 14.3 Å². The van der Waals surface area contributed by atoms with Crippen molar-refractivity contribution in [3.05, 3.63) is 83.7 Å². The summed E-state index contributed by atoms with van der Waals surface area (Å²) in [4.78, 5) is 17.2. The fourth-order valence-electron chi connectivity index (χ4n) is 5.36. The first-order chi connectivity index (χ1) is 16.5. The standard InChI is InChI=1S/C27H25FN4O2/c1-31-24-10-9-19(18-7-5-17(15-29)6-8-18)13-23(24)26-22(25(31)16-33)11-12-32(26)27(34)30-21-4-2-3-20(28)14-21/h2-10,13-14,22,25-26,33H,11-12,16H2,1H3,(H,30,34)/t22-,25+,26-/m1/s1. The van der Waals surface area contributed by atoms with Gasteiger partial charge in [0.1, 0.15) is 5.82 Å². The van der Waals surface area contributed by atoms with Crippen molar-refractivity contribution in [3.63, 3.8) is 0 Å². The Morgan fingerprint density at radius 1 is 1.15 bits per heavy atom. The van der Waals surface area contributed by atoms with Crippen molar-refractivity contribution in [2.75, 3.05) is 30.4 Å². The molecule has 3 aromatic rings. The highest BCUT2D eigenvalue weighted by atomic mass is 19.1. The van der Waals surface area contributed by atoms with Crippen molar-refractivity contribution in [3.8, 4) is 17.2 Å². The van der Waals surface area contributed by atoms with E-state index in [0.717, 1.165) is 28.8 Å². The van der Waals surface area contributed by atoms with Crippen LogP contribution in [0.4, 0.5) is 20.6 Å². The molecule has 2 aliphatic heterocycles. The summed E-state index contributed by atoms with van der Waals surface area (Å²) in [6.07, 6.45) is 0.761. The van der Waals surface area contributed by atoms with Gasteiger partial charge < -0.3 is 20.2 Å². The number of carbonyl (C=O) groups is 1. The van der Waals surface area contributed by atoms with E-state index in [1.165, 1.54) is 12.1 Å². The first kappa shape index (κ1) is 21.9. The molecule has 0 aromatic heterocycles. The molecule has 172 valence electrons. The molecule has 0 saturated carbocycles. The summed E-state index contributed by atoms with van der Waals surface area (Å²) in [5, 5.41) is 22.1. The lowest BCUT2D eigenvalue weighted by molar-refractivity contribution is 0.168. The molecule has 3 aromatic carbocycles. The van der Waals surface area contributed by atoms with E-state index in [1.807, 2.05) is 31.3 Å². The molecule has 0 unspecified atom stereocenters. The van der Waals surface area contributed by atoms with Crippen molar-refractivity contribution >= 4 is 17.4 Å². The molecular formula is C27H25FN4O2. The Hall–Kier alpha value is -3.89. The molecule has 2 aliphatic rings. The molecule has 7 heteroatoms. The van der Waals surface area contributed by atoms with E-state index in [-0.39, 0.29) is 30.6 Å². The first-order valence-corrected chi connectivity index (χ1v) is 11.3. The SMILES string of the molecule is CN1c2ccc(-c3ccc(C#N)cc3)cc2[C@H]2[C@H](CCN2C(=O)Nc2cccc(F)c2)[C@@H]1CO. The first-order valence-electron chi connectivity index (χ1n) is 11.3. The molecule has 2 N–H and O–H groups in total. The van der Waals surface area contributed by atoms with E-state index < -0.39 is 5.82 Å². The quantitative estimate of drug-likeness (QED) is 0.595. The van der Waals surface area contributed by atoms with E-state index in [0.29, 0.717) is 17.8 Å². The van der Waals surface area contributed by atoms with Crippen LogP contribution in [0.2, 0.25) is 0 Å². The lowest BCUT2D eigenvalue weighted by Gasteiger charge is -2.44. The van der Waals surface area contributed by atoms with Crippen LogP contribution in [0.3, 0.4) is 0 Å². The Kier molecular flexibility index (Phi) is 5.68. The molecule has 0 spiro atoms. The van der Waals surface area contributed by atoms with Gasteiger partial charge in [-0.25, -0.2) is 9.18 Å². The summed E-state index contributed by atoms with van der Waals surface area (Å²) < 4.78 is 13.6. The Morgan fingerprint density at radius 2 is 1.91 bits per heavy atom. The summed E-state index contributed by atoms with van der Waals surface area (Å²) in [6, 6.07) is 21.0. The summed E-state index contributed by atoms with van der Waals surface area (Å²) in [5.74, 6) is -0.342. The fraction of sp³-hybridized carbons (Fsp3) is 0.259. The molecule has 1 saturated heterocycles. The number of nitrogens with zero attached hydrogens (tertiary/aromatic N) is 3. The molecule has 1 fully saturated rings. The zero-order valence-electron chi connectivity index (χ0n) is 18.8. The van der Waals surface area contributed by atoms with Crippen molar-refractivity contribution in [2.45, 2.75) is 18.5 Å². The van der Waals surface area contributed by atoms with Gasteiger partial charge in [0.25, 0.3) is 0 Å². The number of aliphatic hydroxyl groups excluding tert-OH is 1. The third kappa shape index (κ3) is 3.76. The van der Waals surface area contributed by atoms with Gasteiger partial charge in [-0.05, 0) is 65.6 Å². The number of amides is 2. The van der Waals surface area contributed by atoms with Crippen molar-refractivity contribution in [2.24, 2.45) is 5.92 Å². The van der Waals surface area contributed by atoms with Crippen LogP contribution >= 0.6 is 0 Å². The van der Waals surface area contributed by atoms with Gasteiger partial charge in [0, 0.05) is 30.9 Å². The maximum absolute atomic E-state index is 13.6. The van der Waals surface area contributed by atoms with E-state index in [9.17, 15) is 14.3 Å². The number of hydrogen-bond acceptors (Lipinski definition) is 4. The minimum Gasteiger partial charge on any atom is -0.394 e. The van der Waals surface area contributed by atoms with Gasteiger partial charge in [-0.3, -0.25) is 0 Å². The molecule has 2 amide bonds. The zero-order chi connectivity index (χ0) is 23.8.